The van der Waals surface area contributed by atoms with Gasteiger partial charge in [0.1, 0.15) is 0 Å². The number of para-hydroxylation sites is 1. The summed E-state index contributed by atoms with van der Waals surface area (Å²) < 4.78 is 0. The van der Waals surface area contributed by atoms with Crippen LogP contribution in [0.25, 0.3) is 10.9 Å². The number of likely N-dealkylation sites (N-methyl/N-ethyl adjacent to an activating group) is 1. The van der Waals surface area contributed by atoms with Crippen molar-refractivity contribution in [2.45, 2.75) is 5.92 Å². The number of benzene rings is 1. The van der Waals surface area contributed by atoms with Gasteiger partial charge in [0, 0.05) is 23.6 Å². The zero-order valence-corrected chi connectivity index (χ0v) is 9.97. The lowest BCUT2D eigenvalue weighted by atomic mass is 9.98. The van der Waals surface area contributed by atoms with E-state index in [4.69, 9.17) is 0 Å². The van der Waals surface area contributed by atoms with Crippen LogP contribution in [0.5, 0.6) is 0 Å². The highest BCUT2D eigenvalue weighted by Gasteiger charge is 2.23. The average Bonchev–Trinajstić information content (AvgIpc) is 2.69. The maximum atomic E-state index is 11.3. The van der Waals surface area contributed by atoms with Gasteiger partial charge in [-0.15, -0.1) is 0 Å². The number of fused-ring (bicyclic) bond motifs is 1. The molecule has 17 heavy (non-hydrogen) atoms. The average molecular weight is 232 g/mol. The molecule has 0 spiro atoms. The number of hydrogen-bond acceptors (Lipinski definition) is 2. The molecule has 1 atom stereocenters. The lowest BCUT2D eigenvalue weighted by Crippen LogP contribution is -2.25. The van der Waals surface area contributed by atoms with E-state index in [0.29, 0.717) is 6.54 Å². The number of aliphatic carboxylic acids is 1. The molecule has 4 nitrogen and oxygen atoms in total. The zero-order chi connectivity index (χ0) is 12.4. The molecular formula is C13H16N2O2. The van der Waals surface area contributed by atoms with Gasteiger partial charge in [0.15, 0.2) is 0 Å². The zero-order valence-electron chi connectivity index (χ0n) is 9.97. The number of aromatic nitrogens is 1. The monoisotopic (exact) mass is 232 g/mol. The second-order valence-electron chi connectivity index (χ2n) is 4.44. The molecule has 1 heterocycles. The number of nitrogens with zero attached hydrogens (tertiary/aromatic N) is 1. The Labute approximate surface area is 99.9 Å². The summed E-state index contributed by atoms with van der Waals surface area (Å²) in [5, 5.41) is 10.3. The summed E-state index contributed by atoms with van der Waals surface area (Å²) in [7, 11) is 3.76. The molecule has 0 aliphatic rings. The van der Waals surface area contributed by atoms with Gasteiger partial charge in [-0.25, -0.2) is 0 Å². The SMILES string of the molecule is CN(C)CC(C(=O)O)c1c[nH]c2ccccc12. The summed E-state index contributed by atoms with van der Waals surface area (Å²) in [6.45, 7) is 0.497. The Morgan fingerprint density at radius 2 is 2.12 bits per heavy atom. The fourth-order valence-electron chi connectivity index (χ4n) is 2.06. The first-order valence-corrected chi connectivity index (χ1v) is 5.53. The van der Waals surface area contributed by atoms with Gasteiger partial charge in [-0.2, -0.15) is 0 Å². The van der Waals surface area contributed by atoms with Gasteiger partial charge in [0.05, 0.1) is 5.92 Å². The van der Waals surface area contributed by atoms with Crippen LogP contribution in [0.2, 0.25) is 0 Å². The van der Waals surface area contributed by atoms with Gasteiger partial charge in [-0.1, -0.05) is 18.2 Å². The molecule has 4 heteroatoms. The van der Waals surface area contributed by atoms with Crippen LogP contribution in [0.1, 0.15) is 11.5 Å². The smallest absolute Gasteiger partial charge is 0.312 e. The Morgan fingerprint density at radius 3 is 2.76 bits per heavy atom. The number of rotatable bonds is 4. The van der Waals surface area contributed by atoms with E-state index in [1.807, 2.05) is 43.3 Å². The van der Waals surface area contributed by atoms with Crippen LogP contribution in [0.4, 0.5) is 0 Å². The van der Waals surface area contributed by atoms with E-state index in [1.165, 1.54) is 0 Å². The standard InChI is InChI=1S/C13H16N2O2/c1-15(2)8-11(13(16)17)10-7-14-12-6-4-3-5-9(10)12/h3-7,11,14H,8H2,1-2H3,(H,16,17). The largest absolute Gasteiger partial charge is 0.481 e. The number of carboxylic acids is 1. The lowest BCUT2D eigenvalue weighted by molar-refractivity contribution is -0.139. The summed E-state index contributed by atoms with van der Waals surface area (Å²) >= 11 is 0. The molecule has 0 radical (unpaired) electrons. The molecule has 2 rings (SSSR count). The van der Waals surface area contributed by atoms with Crippen LogP contribution >= 0.6 is 0 Å². The quantitative estimate of drug-likeness (QED) is 0.846. The summed E-state index contributed by atoms with van der Waals surface area (Å²) in [6.07, 6.45) is 1.80. The van der Waals surface area contributed by atoms with Crippen molar-refractivity contribution in [2.75, 3.05) is 20.6 Å². The van der Waals surface area contributed by atoms with Crippen LogP contribution in [-0.4, -0.2) is 41.6 Å². The second-order valence-corrected chi connectivity index (χ2v) is 4.44. The van der Waals surface area contributed by atoms with Gasteiger partial charge in [0.2, 0.25) is 0 Å². The minimum Gasteiger partial charge on any atom is -0.481 e. The van der Waals surface area contributed by atoms with Crippen LogP contribution in [0, 0.1) is 0 Å². The first-order chi connectivity index (χ1) is 8.09. The highest BCUT2D eigenvalue weighted by atomic mass is 16.4. The van der Waals surface area contributed by atoms with Crippen molar-refractivity contribution >= 4 is 16.9 Å². The highest BCUT2D eigenvalue weighted by Crippen LogP contribution is 2.26. The molecule has 1 aromatic heterocycles. The Kier molecular flexibility index (Phi) is 3.15. The molecule has 2 aromatic rings. The number of hydrogen-bond donors (Lipinski definition) is 2. The first kappa shape index (κ1) is 11.7. The van der Waals surface area contributed by atoms with Crippen molar-refractivity contribution in [3.8, 4) is 0 Å². The number of carbonyl (C=O) groups is 1. The summed E-state index contributed by atoms with van der Waals surface area (Å²) in [5.41, 5.74) is 1.83. The van der Waals surface area contributed by atoms with E-state index < -0.39 is 11.9 Å². The van der Waals surface area contributed by atoms with Gasteiger partial charge < -0.3 is 15.0 Å². The topological polar surface area (TPSA) is 56.3 Å². The van der Waals surface area contributed by atoms with E-state index in [0.717, 1.165) is 16.5 Å². The number of nitrogens with one attached hydrogen (secondary N) is 1. The van der Waals surface area contributed by atoms with Crippen LogP contribution in [0.3, 0.4) is 0 Å². The molecule has 0 saturated carbocycles. The summed E-state index contributed by atoms with van der Waals surface area (Å²) in [5.74, 6) is -1.29. The Balaban J connectivity index is 2.45. The molecule has 0 fully saturated rings. The fourth-order valence-corrected chi connectivity index (χ4v) is 2.06. The predicted molar refractivity (Wildman–Crippen MR) is 67.2 cm³/mol. The molecule has 1 aromatic carbocycles. The van der Waals surface area contributed by atoms with Crippen molar-refractivity contribution in [2.24, 2.45) is 0 Å². The van der Waals surface area contributed by atoms with Crippen molar-refractivity contribution < 1.29 is 9.90 Å². The number of aromatic amines is 1. The minimum absolute atomic E-state index is 0.497. The molecule has 0 saturated heterocycles. The molecule has 0 bridgehead atoms. The summed E-state index contributed by atoms with van der Waals surface area (Å²) in [4.78, 5) is 16.3. The first-order valence-electron chi connectivity index (χ1n) is 5.53. The van der Waals surface area contributed by atoms with E-state index in [1.54, 1.807) is 6.20 Å². The van der Waals surface area contributed by atoms with E-state index in [2.05, 4.69) is 4.98 Å². The van der Waals surface area contributed by atoms with Crippen molar-refractivity contribution in [3.63, 3.8) is 0 Å². The Hall–Kier alpha value is -1.81. The van der Waals surface area contributed by atoms with Crippen LogP contribution < -0.4 is 0 Å². The predicted octanol–water partition coefficient (Wildman–Crippen LogP) is 1.90. The Morgan fingerprint density at radius 1 is 1.41 bits per heavy atom. The summed E-state index contributed by atoms with van der Waals surface area (Å²) in [6, 6.07) is 7.76. The molecule has 0 amide bonds. The van der Waals surface area contributed by atoms with E-state index in [9.17, 15) is 9.90 Å². The number of carboxylic acid groups (broad SMARTS) is 1. The van der Waals surface area contributed by atoms with Gasteiger partial charge in [-0.3, -0.25) is 4.79 Å². The Bertz CT molecular complexity index is 531. The van der Waals surface area contributed by atoms with Crippen molar-refractivity contribution in [3.05, 3.63) is 36.0 Å². The van der Waals surface area contributed by atoms with Gasteiger partial charge in [-0.05, 0) is 25.7 Å². The molecule has 0 aliphatic heterocycles. The normalized spacial score (nSPS) is 13.1. The van der Waals surface area contributed by atoms with Crippen LogP contribution in [-0.2, 0) is 4.79 Å². The molecule has 0 aliphatic carbocycles. The molecule has 90 valence electrons. The van der Waals surface area contributed by atoms with Gasteiger partial charge >= 0.3 is 5.97 Å². The van der Waals surface area contributed by atoms with Crippen molar-refractivity contribution in [1.29, 1.82) is 0 Å². The van der Waals surface area contributed by atoms with Crippen molar-refractivity contribution in [1.82, 2.24) is 9.88 Å². The number of H-pyrrole nitrogens is 1. The third-order valence-electron chi connectivity index (χ3n) is 2.84. The maximum absolute atomic E-state index is 11.3. The molecule has 2 N–H and O–H groups in total. The fraction of sp³-hybridized carbons (Fsp3) is 0.308. The third-order valence-corrected chi connectivity index (χ3v) is 2.84. The van der Waals surface area contributed by atoms with E-state index in [-0.39, 0.29) is 0 Å². The van der Waals surface area contributed by atoms with Gasteiger partial charge in [0.25, 0.3) is 0 Å². The van der Waals surface area contributed by atoms with E-state index >= 15 is 0 Å². The third kappa shape index (κ3) is 2.31. The lowest BCUT2D eigenvalue weighted by Gasteiger charge is -2.16. The second kappa shape index (κ2) is 4.59. The molecule has 1 unspecified atom stereocenters. The maximum Gasteiger partial charge on any atom is 0.312 e. The minimum atomic E-state index is -0.788. The molecular weight excluding hydrogens is 216 g/mol. The highest BCUT2D eigenvalue weighted by molar-refractivity contribution is 5.89. The van der Waals surface area contributed by atoms with Crippen LogP contribution in [0.15, 0.2) is 30.5 Å².